The highest BCUT2D eigenvalue weighted by Gasteiger charge is 2.12. The van der Waals surface area contributed by atoms with Crippen molar-refractivity contribution in [3.63, 3.8) is 0 Å². The third-order valence-corrected chi connectivity index (χ3v) is 2.55. The van der Waals surface area contributed by atoms with Crippen molar-refractivity contribution in [3.05, 3.63) is 41.5 Å². The summed E-state index contributed by atoms with van der Waals surface area (Å²) in [6.07, 6.45) is 1.23. The number of carboxylic acid groups (broad SMARTS) is 1. The minimum Gasteiger partial charge on any atom is -0.478 e. The van der Waals surface area contributed by atoms with Crippen molar-refractivity contribution in [2.24, 2.45) is 0 Å². The summed E-state index contributed by atoms with van der Waals surface area (Å²) in [5.41, 5.74) is 3.10. The molecule has 0 saturated carbocycles. The number of hydrogen-bond acceptors (Lipinski definition) is 1. The number of benzene rings is 1. The number of carboxylic acids is 1. The van der Waals surface area contributed by atoms with E-state index in [-0.39, 0.29) is 5.41 Å². The minimum absolute atomic E-state index is 0.128. The maximum Gasteiger partial charge on any atom is 0.328 e. The van der Waals surface area contributed by atoms with Gasteiger partial charge in [-0.15, -0.1) is 0 Å². The fraction of sp³-hybridized carbons (Fsp3) is 0.357. The smallest absolute Gasteiger partial charge is 0.328 e. The minimum atomic E-state index is -0.905. The number of aliphatic carboxylic acids is 1. The van der Waals surface area contributed by atoms with Gasteiger partial charge in [-0.2, -0.15) is 0 Å². The molecule has 0 unspecified atom stereocenters. The van der Waals surface area contributed by atoms with Gasteiger partial charge in [0.15, 0.2) is 0 Å². The molecule has 0 heterocycles. The Balaban J connectivity index is 3.00. The Morgan fingerprint density at radius 3 is 2.06 bits per heavy atom. The fourth-order valence-corrected chi connectivity index (χ4v) is 1.50. The molecule has 1 rings (SSSR count). The topological polar surface area (TPSA) is 37.3 Å². The van der Waals surface area contributed by atoms with Crippen molar-refractivity contribution >= 4 is 11.5 Å². The zero-order valence-corrected chi connectivity index (χ0v) is 10.2. The van der Waals surface area contributed by atoms with Crippen LogP contribution in [0.15, 0.2) is 30.3 Å². The number of hydrogen-bond donors (Lipinski definition) is 1. The van der Waals surface area contributed by atoms with Crippen LogP contribution in [0.3, 0.4) is 0 Å². The molecule has 2 nitrogen and oxygen atoms in total. The summed E-state index contributed by atoms with van der Waals surface area (Å²) in [5.74, 6) is -0.905. The van der Waals surface area contributed by atoms with Gasteiger partial charge >= 0.3 is 5.97 Å². The van der Waals surface area contributed by atoms with Gasteiger partial charge in [0.2, 0.25) is 0 Å². The summed E-state index contributed by atoms with van der Waals surface area (Å²) in [4.78, 5) is 10.5. The van der Waals surface area contributed by atoms with Gasteiger partial charge in [0.05, 0.1) is 0 Å². The molecule has 0 aliphatic carbocycles. The van der Waals surface area contributed by atoms with Crippen LogP contribution in [0.2, 0.25) is 0 Å². The van der Waals surface area contributed by atoms with Crippen molar-refractivity contribution in [2.45, 2.75) is 33.1 Å². The van der Waals surface area contributed by atoms with E-state index in [1.807, 2.05) is 12.1 Å². The van der Waals surface area contributed by atoms with Gasteiger partial charge in [0.1, 0.15) is 0 Å². The van der Waals surface area contributed by atoms with Gasteiger partial charge in [-0.1, -0.05) is 45.0 Å². The lowest BCUT2D eigenvalue weighted by atomic mass is 9.86. The van der Waals surface area contributed by atoms with Crippen LogP contribution < -0.4 is 0 Å². The third-order valence-electron chi connectivity index (χ3n) is 2.55. The summed E-state index contributed by atoms with van der Waals surface area (Å²) >= 11 is 0. The lowest BCUT2D eigenvalue weighted by Gasteiger charge is -2.19. The highest BCUT2D eigenvalue weighted by molar-refractivity contribution is 5.89. The van der Waals surface area contributed by atoms with Crippen LogP contribution in [-0.2, 0) is 10.2 Å². The van der Waals surface area contributed by atoms with Crippen LogP contribution in [-0.4, -0.2) is 11.1 Å². The SMILES string of the molecule is C/C(=C/C(=O)O)c1ccc(C(C)(C)C)cc1. The normalized spacial score (nSPS) is 12.6. The Hall–Kier alpha value is -1.57. The molecule has 1 N–H and O–H groups in total. The second kappa shape index (κ2) is 4.52. The summed E-state index contributed by atoms with van der Waals surface area (Å²) in [6, 6.07) is 8.04. The molecular formula is C14H18O2. The Morgan fingerprint density at radius 2 is 1.69 bits per heavy atom. The van der Waals surface area contributed by atoms with Crippen LogP contribution >= 0.6 is 0 Å². The zero-order valence-electron chi connectivity index (χ0n) is 10.2. The van der Waals surface area contributed by atoms with Gasteiger partial charge in [-0.25, -0.2) is 4.79 Å². The van der Waals surface area contributed by atoms with Gasteiger partial charge in [-0.05, 0) is 29.0 Å². The lowest BCUT2D eigenvalue weighted by molar-refractivity contribution is -0.131. The highest BCUT2D eigenvalue weighted by atomic mass is 16.4. The molecule has 1 aromatic rings. The van der Waals surface area contributed by atoms with E-state index in [9.17, 15) is 4.79 Å². The van der Waals surface area contributed by atoms with E-state index in [1.54, 1.807) is 6.92 Å². The molecule has 0 spiro atoms. The third kappa shape index (κ3) is 3.23. The van der Waals surface area contributed by atoms with Gasteiger partial charge in [0, 0.05) is 6.08 Å². The molecule has 16 heavy (non-hydrogen) atoms. The number of rotatable bonds is 2. The maximum atomic E-state index is 10.5. The highest BCUT2D eigenvalue weighted by Crippen LogP contribution is 2.24. The zero-order chi connectivity index (χ0) is 12.3. The summed E-state index contributed by atoms with van der Waals surface area (Å²) in [5, 5.41) is 8.65. The van der Waals surface area contributed by atoms with Crippen LogP contribution in [0.1, 0.15) is 38.8 Å². The molecule has 0 fully saturated rings. The van der Waals surface area contributed by atoms with Crippen molar-refractivity contribution in [1.82, 2.24) is 0 Å². The number of carbonyl (C=O) groups is 1. The quantitative estimate of drug-likeness (QED) is 0.772. The van der Waals surface area contributed by atoms with E-state index in [0.29, 0.717) is 0 Å². The van der Waals surface area contributed by atoms with Gasteiger partial charge in [-0.3, -0.25) is 0 Å². The molecule has 0 amide bonds. The Labute approximate surface area is 96.6 Å². The van der Waals surface area contributed by atoms with Gasteiger partial charge in [0.25, 0.3) is 0 Å². The van der Waals surface area contributed by atoms with E-state index in [0.717, 1.165) is 11.1 Å². The summed E-state index contributed by atoms with van der Waals surface area (Å²) in [7, 11) is 0. The average Bonchev–Trinajstić information content (AvgIpc) is 2.15. The monoisotopic (exact) mass is 218 g/mol. The molecule has 0 aliphatic rings. The largest absolute Gasteiger partial charge is 0.478 e. The Morgan fingerprint density at radius 1 is 1.19 bits per heavy atom. The molecule has 0 atom stereocenters. The second-order valence-electron chi connectivity index (χ2n) is 4.99. The Bertz CT molecular complexity index is 405. The van der Waals surface area contributed by atoms with Crippen LogP contribution in [0, 0.1) is 0 Å². The first-order valence-corrected chi connectivity index (χ1v) is 5.33. The summed E-state index contributed by atoms with van der Waals surface area (Å²) in [6.45, 7) is 8.27. The Kier molecular flexibility index (Phi) is 3.53. The van der Waals surface area contributed by atoms with Gasteiger partial charge < -0.3 is 5.11 Å². The predicted molar refractivity (Wildman–Crippen MR) is 66.4 cm³/mol. The number of allylic oxidation sites excluding steroid dienone is 1. The second-order valence-corrected chi connectivity index (χ2v) is 4.99. The first-order valence-electron chi connectivity index (χ1n) is 5.33. The van der Waals surface area contributed by atoms with Crippen LogP contribution in [0.4, 0.5) is 0 Å². The van der Waals surface area contributed by atoms with Crippen molar-refractivity contribution in [1.29, 1.82) is 0 Å². The van der Waals surface area contributed by atoms with Crippen LogP contribution in [0.25, 0.3) is 5.57 Å². The van der Waals surface area contributed by atoms with Crippen molar-refractivity contribution in [3.8, 4) is 0 Å². The fourth-order valence-electron chi connectivity index (χ4n) is 1.50. The van der Waals surface area contributed by atoms with Crippen LogP contribution in [0.5, 0.6) is 0 Å². The molecule has 2 heteroatoms. The standard InChI is InChI=1S/C14H18O2/c1-10(9-13(15)16)11-5-7-12(8-6-11)14(2,3)4/h5-9H,1-4H3,(H,15,16)/b10-9-. The summed E-state index contributed by atoms with van der Waals surface area (Å²) < 4.78 is 0. The first kappa shape index (κ1) is 12.5. The lowest BCUT2D eigenvalue weighted by Crippen LogP contribution is -2.10. The molecular weight excluding hydrogens is 200 g/mol. The van der Waals surface area contributed by atoms with Crippen molar-refractivity contribution < 1.29 is 9.90 Å². The van der Waals surface area contributed by atoms with E-state index in [2.05, 4.69) is 32.9 Å². The molecule has 86 valence electrons. The molecule has 0 bridgehead atoms. The van der Waals surface area contributed by atoms with E-state index < -0.39 is 5.97 Å². The van der Waals surface area contributed by atoms with E-state index in [1.165, 1.54) is 11.6 Å². The molecule has 0 aromatic heterocycles. The molecule has 1 aromatic carbocycles. The maximum absolute atomic E-state index is 10.5. The molecule has 0 radical (unpaired) electrons. The molecule has 0 saturated heterocycles. The molecule has 0 aliphatic heterocycles. The van der Waals surface area contributed by atoms with Crippen molar-refractivity contribution in [2.75, 3.05) is 0 Å². The van der Waals surface area contributed by atoms with E-state index >= 15 is 0 Å². The first-order chi connectivity index (χ1) is 7.30. The predicted octanol–water partition coefficient (Wildman–Crippen LogP) is 3.47. The van der Waals surface area contributed by atoms with E-state index in [4.69, 9.17) is 5.11 Å². The average molecular weight is 218 g/mol.